The molecule has 0 saturated carbocycles. The maximum absolute atomic E-state index is 11.2. The molecule has 0 atom stereocenters. The zero-order valence-corrected chi connectivity index (χ0v) is 11.5. The highest BCUT2D eigenvalue weighted by Crippen LogP contribution is 2.21. The van der Waals surface area contributed by atoms with E-state index in [2.05, 4.69) is 5.32 Å². The van der Waals surface area contributed by atoms with Crippen LogP contribution in [-0.2, 0) is 10.0 Å². The average molecular weight is 278 g/mol. The van der Waals surface area contributed by atoms with Crippen molar-refractivity contribution in [1.29, 1.82) is 0 Å². The van der Waals surface area contributed by atoms with Crippen molar-refractivity contribution in [2.24, 2.45) is 5.14 Å². The average Bonchev–Trinajstić information content (AvgIpc) is 2.96. The molecule has 19 heavy (non-hydrogen) atoms. The van der Waals surface area contributed by atoms with E-state index in [4.69, 9.17) is 5.14 Å². The maximum atomic E-state index is 11.2. The first-order valence-electron chi connectivity index (χ1n) is 6.30. The Morgan fingerprint density at radius 1 is 0.947 bits per heavy atom. The molecule has 2 aromatic carbocycles. The van der Waals surface area contributed by atoms with Crippen molar-refractivity contribution in [3.8, 4) is 0 Å². The lowest BCUT2D eigenvalue weighted by Gasteiger charge is -2.02. The quantitative estimate of drug-likeness (QED) is 0.836. The molecule has 2 aromatic rings. The molecule has 0 aromatic heterocycles. The van der Waals surface area contributed by atoms with Crippen molar-refractivity contribution in [3.63, 3.8) is 0 Å². The maximum Gasteiger partial charge on any atom is 0.238 e. The van der Waals surface area contributed by atoms with Crippen molar-refractivity contribution in [1.82, 2.24) is 5.32 Å². The predicted octanol–water partition coefficient (Wildman–Crippen LogP) is 1.86. The molecule has 1 heterocycles. The Balaban J connectivity index is 0.000000224. The summed E-state index contributed by atoms with van der Waals surface area (Å²) in [4.78, 5) is 0.176. The monoisotopic (exact) mass is 278 g/mol. The highest BCUT2D eigenvalue weighted by Gasteiger charge is 2.10. The summed E-state index contributed by atoms with van der Waals surface area (Å²) in [5.41, 5.74) is 0. The lowest BCUT2D eigenvalue weighted by atomic mass is 10.1. The van der Waals surface area contributed by atoms with Crippen molar-refractivity contribution >= 4 is 20.8 Å². The molecule has 3 rings (SSSR count). The number of nitrogens with two attached hydrogens (primary N) is 1. The van der Waals surface area contributed by atoms with E-state index in [0.29, 0.717) is 5.39 Å². The second-order valence-electron chi connectivity index (χ2n) is 4.48. The van der Waals surface area contributed by atoms with Gasteiger partial charge in [-0.05, 0) is 37.4 Å². The van der Waals surface area contributed by atoms with E-state index in [9.17, 15) is 8.42 Å². The van der Waals surface area contributed by atoms with Gasteiger partial charge >= 0.3 is 0 Å². The van der Waals surface area contributed by atoms with E-state index >= 15 is 0 Å². The molecule has 0 radical (unpaired) electrons. The summed E-state index contributed by atoms with van der Waals surface area (Å²) in [5, 5.41) is 9.86. The van der Waals surface area contributed by atoms with E-state index in [1.54, 1.807) is 18.2 Å². The summed E-state index contributed by atoms with van der Waals surface area (Å²) in [6.45, 7) is 2.50. The minimum Gasteiger partial charge on any atom is -0.317 e. The fraction of sp³-hybridized carbons (Fsp3) is 0.286. The molecule has 4 nitrogen and oxygen atoms in total. The van der Waals surface area contributed by atoms with Crippen LogP contribution in [-0.4, -0.2) is 21.5 Å². The Morgan fingerprint density at radius 2 is 1.58 bits per heavy atom. The van der Waals surface area contributed by atoms with Gasteiger partial charge in [0, 0.05) is 5.39 Å². The highest BCUT2D eigenvalue weighted by molar-refractivity contribution is 7.89. The van der Waals surface area contributed by atoms with Gasteiger partial charge in [-0.15, -0.1) is 0 Å². The van der Waals surface area contributed by atoms with Gasteiger partial charge in [0.05, 0.1) is 4.90 Å². The van der Waals surface area contributed by atoms with Gasteiger partial charge in [0.2, 0.25) is 10.0 Å². The Morgan fingerprint density at radius 3 is 2.16 bits per heavy atom. The highest BCUT2D eigenvalue weighted by atomic mass is 32.2. The van der Waals surface area contributed by atoms with Gasteiger partial charge in [0.1, 0.15) is 0 Å². The van der Waals surface area contributed by atoms with Crippen LogP contribution < -0.4 is 10.5 Å². The largest absolute Gasteiger partial charge is 0.317 e. The topological polar surface area (TPSA) is 72.2 Å². The molecule has 0 unspecified atom stereocenters. The minimum atomic E-state index is -3.63. The summed E-state index contributed by atoms with van der Waals surface area (Å²) < 4.78 is 22.4. The first-order chi connectivity index (χ1) is 9.09. The van der Waals surface area contributed by atoms with Crippen LogP contribution in [0.1, 0.15) is 12.8 Å². The molecule has 102 valence electrons. The molecule has 1 aliphatic rings. The van der Waals surface area contributed by atoms with Crippen LogP contribution in [0.25, 0.3) is 10.8 Å². The van der Waals surface area contributed by atoms with Crippen LogP contribution in [0.5, 0.6) is 0 Å². The van der Waals surface area contributed by atoms with Gasteiger partial charge in [-0.2, -0.15) is 0 Å². The van der Waals surface area contributed by atoms with Gasteiger partial charge in [-0.25, -0.2) is 13.6 Å². The third-order valence-corrected chi connectivity index (χ3v) is 3.98. The van der Waals surface area contributed by atoms with Crippen molar-refractivity contribution in [3.05, 3.63) is 42.5 Å². The number of benzene rings is 2. The van der Waals surface area contributed by atoms with Crippen LogP contribution in [0.15, 0.2) is 47.4 Å². The SMILES string of the molecule is C1CCNC1.NS(=O)(=O)c1cccc2ccccc12. The van der Waals surface area contributed by atoms with Crippen molar-refractivity contribution < 1.29 is 8.42 Å². The molecule has 0 bridgehead atoms. The number of hydrogen-bond donors (Lipinski definition) is 2. The predicted molar refractivity (Wildman–Crippen MR) is 77.4 cm³/mol. The summed E-state index contributed by atoms with van der Waals surface area (Å²) in [6, 6.07) is 12.3. The second-order valence-corrected chi connectivity index (χ2v) is 6.01. The molecule has 5 heteroatoms. The third-order valence-electron chi connectivity index (χ3n) is 3.01. The standard InChI is InChI=1S/C10H9NO2S.C4H9N/c11-14(12,13)10-7-3-5-8-4-1-2-6-9(8)10;1-2-4-5-3-1/h1-7H,(H2,11,12,13);5H,1-4H2. The summed E-state index contributed by atoms with van der Waals surface area (Å²) >= 11 is 0. The van der Waals surface area contributed by atoms with Crippen LogP contribution in [0.4, 0.5) is 0 Å². The fourth-order valence-corrected chi connectivity index (χ4v) is 2.83. The second kappa shape index (κ2) is 6.14. The first-order valence-corrected chi connectivity index (χ1v) is 7.85. The molecule has 1 aliphatic heterocycles. The summed E-state index contributed by atoms with van der Waals surface area (Å²) in [7, 11) is -3.63. The number of rotatable bonds is 1. The molecule has 0 amide bonds. The van der Waals surface area contributed by atoms with Crippen LogP contribution in [0, 0.1) is 0 Å². The van der Waals surface area contributed by atoms with Gasteiger partial charge < -0.3 is 5.32 Å². The zero-order valence-electron chi connectivity index (χ0n) is 10.7. The summed E-state index contributed by atoms with van der Waals surface area (Å²) in [6.07, 6.45) is 2.78. The molecular weight excluding hydrogens is 260 g/mol. The normalized spacial score (nSPS) is 15.0. The number of sulfonamides is 1. The van der Waals surface area contributed by atoms with E-state index in [1.807, 2.05) is 18.2 Å². The number of primary sulfonamides is 1. The number of fused-ring (bicyclic) bond motifs is 1. The molecule has 1 fully saturated rings. The van der Waals surface area contributed by atoms with Crippen LogP contribution in [0.2, 0.25) is 0 Å². The first kappa shape index (κ1) is 14.0. The minimum absolute atomic E-state index is 0.176. The Bertz CT molecular complexity index is 636. The van der Waals surface area contributed by atoms with E-state index in [-0.39, 0.29) is 4.90 Å². The van der Waals surface area contributed by atoms with Gasteiger partial charge in [0.15, 0.2) is 0 Å². The van der Waals surface area contributed by atoms with E-state index in [0.717, 1.165) is 5.39 Å². The molecular formula is C14H18N2O2S. The summed E-state index contributed by atoms with van der Waals surface area (Å²) in [5.74, 6) is 0. The zero-order chi connectivity index (χ0) is 13.7. The molecule has 3 N–H and O–H groups in total. The van der Waals surface area contributed by atoms with Crippen LogP contribution in [0.3, 0.4) is 0 Å². The van der Waals surface area contributed by atoms with Gasteiger partial charge in [0.25, 0.3) is 0 Å². The number of hydrogen-bond acceptors (Lipinski definition) is 3. The van der Waals surface area contributed by atoms with Crippen molar-refractivity contribution in [2.75, 3.05) is 13.1 Å². The Hall–Kier alpha value is -1.43. The van der Waals surface area contributed by atoms with Crippen LogP contribution >= 0.6 is 0 Å². The third kappa shape index (κ3) is 3.76. The fourth-order valence-electron chi connectivity index (χ4n) is 2.07. The van der Waals surface area contributed by atoms with E-state index < -0.39 is 10.0 Å². The Kier molecular flexibility index (Phi) is 4.52. The molecule has 0 spiro atoms. The number of nitrogens with one attached hydrogen (secondary N) is 1. The lowest BCUT2D eigenvalue weighted by Crippen LogP contribution is -2.12. The molecule has 0 aliphatic carbocycles. The smallest absolute Gasteiger partial charge is 0.238 e. The Labute approximate surface area is 113 Å². The van der Waals surface area contributed by atoms with Gasteiger partial charge in [-0.3, -0.25) is 0 Å². The molecule has 1 saturated heterocycles. The lowest BCUT2D eigenvalue weighted by molar-refractivity contribution is 0.598. The van der Waals surface area contributed by atoms with Crippen molar-refractivity contribution in [2.45, 2.75) is 17.7 Å². The van der Waals surface area contributed by atoms with Gasteiger partial charge in [-0.1, -0.05) is 36.4 Å². The van der Waals surface area contributed by atoms with E-state index in [1.165, 1.54) is 32.0 Å².